The maximum atomic E-state index is 5.42. The van der Waals surface area contributed by atoms with E-state index >= 15 is 0 Å². The first kappa shape index (κ1) is 21.4. The topological polar surface area (TPSA) is 79.9 Å². The number of aromatic nitrogens is 2. The number of nitrogens with zero attached hydrogens (tertiary/aromatic N) is 4. The number of rotatable bonds is 10. The van der Waals surface area contributed by atoms with Crippen molar-refractivity contribution >= 4 is 5.96 Å². The molecule has 0 spiro atoms. The molecule has 0 amide bonds. The van der Waals surface area contributed by atoms with E-state index in [9.17, 15) is 0 Å². The Hall–Kier alpha value is -2.32. The minimum atomic E-state index is 0.622. The van der Waals surface area contributed by atoms with E-state index in [4.69, 9.17) is 14.1 Å². The molecule has 0 saturated carbocycles. The van der Waals surface area contributed by atoms with Gasteiger partial charge in [-0.2, -0.15) is 5.10 Å². The molecule has 0 bridgehead atoms. The van der Waals surface area contributed by atoms with Crippen molar-refractivity contribution in [2.75, 3.05) is 45.9 Å². The Bertz CT molecular complexity index is 734. The van der Waals surface area contributed by atoms with Gasteiger partial charge in [0.15, 0.2) is 5.96 Å². The Morgan fingerprint density at radius 1 is 1.24 bits per heavy atom. The molecule has 1 fully saturated rings. The van der Waals surface area contributed by atoms with Crippen LogP contribution in [0.15, 0.2) is 34.0 Å². The summed E-state index contributed by atoms with van der Waals surface area (Å²) in [5, 5.41) is 11.4. The summed E-state index contributed by atoms with van der Waals surface area (Å²) in [6.45, 7) is 9.25. The van der Waals surface area contributed by atoms with Crippen LogP contribution in [0.4, 0.5) is 0 Å². The average molecular weight is 403 g/mol. The van der Waals surface area contributed by atoms with Crippen LogP contribution < -0.4 is 10.6 Å². The van der Waals surface area contributed by atoms with Gasteiger partial charge in [-0.1, -0.05) is 6.92 Å². The van der Waals surface area contributed by atoms with Crippen LogP contribution in [0.2, 0.25) is 0 Å². The van der Waals surface area contributed by atoms with E-state index in [-0.39, 0.29) is 0 Å². The van der Waals surface area contributed by atoms with Crippen molar-refractivity contribution in [2.24, 2.45) is 12.0 Å². The summed E-state index contributed by atoms with van der Waals surface area (Å²) in [4.78, 5) is 7.25. The number of aliphatic imine (C=N–C) groups is 1. The zero-order chi connectivity index (χ0) is 20.3. The third-order valence-corrected chi connectivity index (χ3v) is 5.03. The minimum Gasteiger partial charge on any atom is -0.469 e. The number of furan rings is 1. The summed E-state index contributed by atoms with van der Waals surface area (Å²) >= 11 is 0. The van der Waals surface area contributed by atoms with Gasteiger partial charge in [0, 0.05) is 51.4 Å². The highest BCUT2D eigenvalue weighted by Crippen LogP contribution is 2.08. The largest absolute Gasteiger partial charge is 0.469 e. The van der Waals surface area contributed by atoms with Crippen LogP contribution >= 0.6 is 0 Å². The summed E-state index contributed by atoms with van der Waals surface area (Å²) in [7, 11) is 1.96. The van der Waals surface area contributed by atoms with E-state index in [2.05, 4.69) is 33.8 Å². The number of nitrogens with one attached hydrogen (secondary N) is 2. The summed E-state index contributed by atoms with van der Waals surface area (Å²) in [5.74, 6) is 1.81. The molecule has 3 heterocycles. The molecule has 2 aromatic heterocycles. The van der Waals surface area contributed by atoms with Crippen LogP contribution in [0, 0.1) is 0 Å². The fourth-order valence-electron chi connectivity index (χ4n) is 3.45. The molecule has 3 rings (SSSR count). The van der Waals surface area contributed by atoms with Crippen molar-refractivity contribution in [1.29, 1.82) is 0 Å². The first-order chi connectivity index (χ1) is 14.2. The third-order valence-electron chi connectivity index (χ3n) is 5.03. The van der Waals surface area contributed by atoms with Crippen molar-refractivity contribution in [1.82, 2.24) is 25.3 Å². The van der Waals surface area contributed by atoms with E-state index in [1.165, 1.54) is 5.56 Å². The van der Waals surface area contributed by atoms with Crippen molar-refractivity contribution in [3.8, 4) is 0 Å². The molecular weight excluding hydrogens is 368 g/mol. The zero-order valence-electron chi connectivity index (χ0n) is 17.7. The number of guanidine groups is 1. The molecule has 29 heavy (non-hydrogen) atoms. The molecule has 1 aliphatic heterocycles. The van der Waals surface area contributed by atoms with E-state index in [1.807, 2.05) is 23.9 Å². The SMILES string of the molecule is CCc1nn(C)cc1CN=C(NCCCN1CCOCC1)NCCc1ccco1. The Labute approximate surface area is 173 Å². The number of morpholine rings is 1. The van der Waals surface area contributed by atoms with Crippen LogP contribution in [0.3, 0.4) is 0 Å². The monoisotopic (exact) mass is 402 g/mol. The number of aryl methyl sites for hydroxylation is 2. The van der Waals surface area contributed by atoms with Crippen LogP contribution in [0.1, 0.15) is 30.4 Å². The van der Waals surface area contributed by atoms with Crippen LogP contribution in [-0.2, 0) is 31.2 Å². The van der Waals surface area contributed by atoms with Gasteiger partial charge in [-0.15, -0.1) is 0 Å². The lowest BCUT2D eigenvalue weighted by molar-refractivity contribution is 0.0376. The lowest BCUT2D eigenvalue weighted by Gasteiger charge is -2.26. The zero-order valence-corrected chi connectivity index (χ0v) is 17.7. The highest BCUT2D eigenvalue weighted by Gasteiger charge is 2.10. The number of hydrogen-bond donors (Lipinski definition) is 2. The normalized spacial score (nSPS) is 15.6. The molecule has 2 N–H and O–H groups in total. The van der Waals surface area contributed by atoms with Crippen molar-refractivity contribution in [3.05, 3.63) is 41.6 Å². The highest BCUT2D eigenvalue weighted by molar-refractivity contribution is 5.79. The first-order valence-electron chi connectivity index (χ1n) is 10.6. The second kappa shape index (κ2) is 11.6. The van der Waals surface area contributed by atoms with E-state index in [1.54, 1.807) is 6.26 Å². The second-order valence-corrected chi connectivity index (χ2v) is 7.28. The van der Waals surface area contributed by atoms with Crippen molar-refractivity contribution < 1.29 is 9.15 Å². The average Bonchev–Trinajstić information content (AvgIpc) is 3.38. The molecule has 0 unspecified atom stereocenters. The Morgan fingerprint density at radius 3 is 2.83 bits per heavy atom. The Morgan fingerprint density at radius 2 is 2.07 bits per heavy atom. The third kappa shape index (κ3) is 7.21. The van der Waals surface area contributed by atoms with Crippen molar-refractivity contribution in [3.63, 3.8) is 0 Å². The van der Waals surface area contributed by atoms with E-state index in [0.29, 0.717) is 6.54 Å². The first-order valence-corrected chi connectivity index (χ1v) is 10.6. The fourth-order valence-corrected chi connectivity index (χ4v) is 3.45. The van der Waals surface area contributed by atoms with Crippen LogP contribution in [0.5, 0.6) is 0 Å². The van der Waals surface area contributed by atoms with Gasteiger partial charge in [-0.3, -0.25) is 9.58 Å². The summed E-state index contributed by atoms with van der Waals surface area (Å²) in [6.07, 6.45) is 6.59. The van der Waals surface area contributed by atoms with Gasteiger partial charge >= 0.3 is 0 Å². The molecule has 1 aliphatic rings. The van der Waals surface area contributed by atoms with Gasteiger partial charge in [0.1, 0.15) is 5.76 Å². The molecular formula is C21H34N6O2. The maximum absolute atomic E-state index is 5.42. The molecule has 1 saturated heterocycles. The number of ether oxygens (including phenoxy) is 1. The van der Waals surface area contributed by atoms with Gasteiger partial charge in [0.25, 0.3) is 0 Å². The Balaban J connectivity index is 1.50. The molecule has 0 aliphatic carbocycles. The second-order valence-electron chi connectivity index (χ2n) is 7.28. The summed E-state index contributed by atoms with van der Waals surface area (Å²) in [5.41, 5.74) is 2.29. The highest BCUT2D eigenvalue weighted by atomic mass is 16.5. The van der Waals surface area contributed by atoms with Crippen LogP contribution in [0.25, 0.3) is 0 Å². The lowest BCUT2D eigenvalue weighted by atomic mass is 10.2. The molecule has 8 heteroatoms. The Kier molecular flexibility index (Phi) is 8.58. The van der Waals surface area contributed by atoms with E-state index in [0.717, 1.165) is 82.6 Å². The lowest BCUT2D eigenvalue weighted by Crippen LogP contribution is -2.41. The van der Waals surface area contributed by atoms with Gasteiger partial charge < -0.3 is 19.8 Å². The quantitative estimate of drug-likeness (QED) is 0.357. The molecule has 8 nitrogen and oxygen atoms in total. The van der Waals surface area contributed by atoms with Crippen molar-refractivity contribution in [2.45, 2.75) is 32.7 Å². The number of hydrogen-bond acceptors (Lipinski definition) is 5. The van der Waals surface area contributed by atoms with Crippen LogP contribution in [-0.4, -0.2) is 66.6 Å². The van der Waals surface area contributed by atoms with Gasteiger partial charge in [0.05, 0.1) is 31.7 Å². The molecule has 160 valence electrons. The van der Waals surface area contributed by atoms with Gasteiger partial charge in [-0.05, 0) is 31.5 Å². The molecule has 2 aromatic rings. The fraction of sp³-hybridized carbons (Fsp3) is 0.619. The minimum absolute atomic E-state index is 0.622. The standard InChI is InChI=1S/C21H34N6O2/c1-3-20-18(17-26(2)25-20)16-24-21(23-9-7-19-6-4-13-29-19)22-8-5-10-27-11-14-28-15-12-27/h4,6,13,17H,3,5,7-12,14-16H2,1-2H3,(H2,22,23,24). The molecule has 0 radical (unpaired) electrons. The molecule has 0 aromatic carbocycles. The predicted molar refractivity (Wildman–Crippen MR) is 114 cm³/mol. The summed E-state index contributed by atoms with van der Waals surface area (Å²) < 4.78 is 12.7. The maximum Gasteiger partial charge on any atom is 0.191 e. The van der Waals surface area contributed by atoms with Gasteiger partial charge in [-0.25, -0.2) is 4.99 Å². The van der Waals surface area contributed by atoms with Gasteiger partial charge in [0.2, 0.25) is 0 Å². The predicted octanol–water partition coefficient (Wildman–Crippen LogP) is 1.58. The van der Waals surface area contributed by atoms with E-state index < -0.39 is 0 Å². The summed E-state index contributed by atoms with van der Waals surface area (Å²) in [6, 6.07) is 3.92. The smallest absolute Gasteiger partial charge is 0.191 e. The molecule has 0 atom stereocenters.